The van der Waals surface area contributed by atoms with E-state index in [1.165, 1.54) is 29.3 Å². The Morgan fingerprint density at radius 1 is 1.36 bits per heavy atom. The summed E-state index contributed by atoms with van der Waals surface area (Å²) >= 11 is 0. The Labute approximate surface area is 131 Å². The van der Waals surface area contributed by atoms with E-state index in [2.05, 4.69) is 45.2 Å². The van der Waals surface area contributed by atoms with E-state index in [9.17, 15) is 0 Å². The first-order valence-corrected chi connectivity index (χ1v) is 8.22. The lowest BCUT2D eigenvalue weighted by Crippen LogP contribution is -2.43. The summed E-state index contributed by atoms with van der Waals surface area (Å²) in [4.78, 5) is 4.94. The van der Waals surface area contributed by atoms with Crippen molar-refractivity contribution < 1.29 is 5.11 Å². The molecule has 22 heavy (non-hydrogen) atoms. The maximum Gasteiger partial charge on any atom is 0.0695 e. The lowest BCUT2D eigenvalue weighted by Gasteiger charge is -2.36. The summed E-state index contributed by atoms with van der Waals surface area (Å²) in [5.74, 6) is 0. The average molecular weight is 302 g/mol. The van der Waals surface area contributed by atoms with Crippen molar-refractivity contribution in [2.45, 2.75) is 31.8 Å². The van der Waals surface area contributed by atoms with E-state index < -0.39 is 0 Å². The number of piperidine rings is 1. The lowest BCUT2D eigenvalue weighted by molar-refractivity contribution is 0.117. The van der Waals surface area contributed by atoms with Gasteiger partial charge in [-0.15, -0.1) is 0 Å². The van der Waals surface area contributed by atoms with E-state index >= 15 is 0 Å². The monoisotopic (exact) mass is 302 g/mol. The van der Waals surface area contributed by atoms with Gasteiger partial charge < -0.3 is 10.0 Å². The largest absolute Gasteiger partial charge is 0.396 e. The van der Waals surface area contributed by atoms with Gasteiger partial charge in [-0.3, -0.25) is 10.00 Å². The van der Waals surface area contributed by atoms with Crippen LogP contribution in [0, 0.1) is 0 Å². The number of aliphatic hydroxyl groups excluding tert-OH is 1. The Bertz CT molecular complexity index is 589. The van der Waals surface area contributed by atoms with E-state index in [0.717, 1.165) is 32.6 Å². The van der Waals surface area contributed by atoms with Gasteiger partial charge in [-0.05, 0) is 45.0 Å². The van der Waals surface area contributed by atoms with Gasteiger partial charge in [0.15, 0.2) is 0 Å². The summed E-state index contributed by atoms with van der Waals surface area (Å²) < 4.78 is 0. The van der Waals surface area contributed by atoms with Crippen molar-refractivity contribution in [2.75, 3.05) is 33.3 Å². The summed E-state index contributed by atoms with van der Waals surface area (Å²) in [6.07, 6.45) is 5.18. The minimum absolute atomic E-state index is 0.289. The van der Waals surface area contributed by atoms with Crippen molar-refractivity contribution in [3.8, 4) is 0 Å². The predicted molar refractivity (Wildman–Crippen MR) is 88.7 cm³/mol. The number of para-hydroxylation sites is 1. The van der Waals surface area contributed by atoms with Crippen LogP contribution < -0.4 is 0 Å². The number of likely N-dealkylation sites (tertiary alicyclic amines) is 1. The fourth-order valence-corrected chi connectivity index (χ4v) is 3.42. The Kier molecular flexibility index (Phi) is 5.08. The molecule has 120 valence electrons. The first-order chi connectivity index (χ1) is 10.8. The molecule has 0 aliphatic carbocycles. The number of aromatic amines is 1. The summed E-state index contributed by atoms with van der Waals surface area (Å²) in [7, 11) is 2.18. The maximum absolute atomic E-state index is 8.95. The van der Waals surface area contributed by atoms with Gasteiger partial charge in [0.2, 0.25) is 0 Å². The van der Waals surface area contributed by atoms with Gasteiger partial charge in [0, 0.05) is 31.1 Å². The Morgan fingerprint density at radius 2 is 2.18 bits per heavy atom. The average Bonchev–Trinajstić information content (AvgIpc) is 3.03. The van der Waals surface area contributed by atoms with E-state index in [1.807, 2.05) is 6.20 Å². The number of hydrogen-bond acceptors (Lipinski definition) is 4. The fourth-order valence-electron chi connectivity index (χ4n) is 3.42. The van der Waals surface area contributed by atoms with Gasteiger partial charge in [-0.2, -0.15) is 5.10 Å². The molecular formula is C17H26N4O. The topological polar surface area (TPSA) is 55.4 Å². The van der Waals surface area contributed by atoms with Crippen molar-refractivity contribution in [1.82, 2.24) is 20.0 Å². The molecule has 0 bridgehead atoms. The first-order valence-electron chi connectivity index (χ1n) is 8.22. The van der Waals surface area contributed by atoms with Crippen LogP contribution in [0.5, 0.6) is 0 Å². The van der Waals surface area contributed by atoms with E-state index in [-0.39, 0.29) is 6.61 Å². The van der Waals surface area contributed by atoms with Crippen LogP contribution in [0.4, 0.5) is 0 Å². The van der Waals surface area contributed by atoms with Gasteiger partial charge in [0.05, 0.1) is 11.7 Å². The number of rotatable bonds is 6. The molecule has 0 unspecified atom stereocenters. The summed E-state index contributed by atoms with van der Waals surface area (Å²) in [5, 5.41) is 17.4. The molecule has 1 saturated heterocycles. The van der Waals surface area contributed by atoms with Crippen LogP contribution >= 0.6 is 0 Å². The molecule has 0 spiro atoms. The molecule has 2 aromatic rings. The van der Waals surface area contributed by atoms with Crippen LogP contribution in [0.3, 0.4) is 0 Å². The minimum Gasteiger partial charge on any atom is -0.396 e. The molecule has 0 amide bonds. The number of hydrogen-bond donors (Lipinski definition) is 2. The third-order valence-corrected chi connectivity index (χ3v) is 4.81. The predicted octanol–water partition coefficient (Wildman–Crippen LogP) is 1.84. The normalized spacial score (nSPS) is 17.6. The third-order valence-electron chi connectivity index (χ3n) is 4.81. The van der Waals surface area contributed by atoms with Gasteiger partial charge in [-0.25, -0.2) is 0 Å². The highest BCUT2D eigenvalue weighted by molar-refractivity contribution is 5.81. The van der Waals surface area contributed by atoms with Crippen LogP contribution in [0.15, 0.2) is 24.4 Å². The van der Waals surface area contributed by atoms with Gasteiger partial charge in [0.25, 0.3) is 0 Å². The molecule has 1 aromatic carbocycles. The van der Waals surface area contributed by atoms with Gasteiger partial charge in [-0.1, -0.05) is 18.2 Å². The summed E-state index contributed by atoms with van der Waals surface area (Å²) in [6.45, 7) is 4.55. The molecular weight excluding hydrogens is 276 g/mol. The van der Waals surface area contributed by atoms with Crippen molar-refractivity contribution in [1.29, 1.82) is 0 Å². The molecule has 2 N–H and O–H groups in total. The van der Waals surface area contributed by atoms with Crippen molar-refractivity contribution in [3.05, 3.63) is 30.0 Å². The van der Waals surface area contributed by atoms with Crippen LogP contribution in [0.25, 0.3) is 10.9 Å². The van der Waals surface area contributed by atoms with Crippen LogP contribution in [-0.4, -0.2) is 64.4 Å². The molecule has 2 heterocycles. The lowest BCUT2D eigenvalue weighted by atomic mass is 10.0. The molecule has 5 nitrogen and oxygen atoms in total. The number of nitrogens with one attached hydrogen (secondary N) is 1. The second kappa shape index (κ2) is 7.22. The van der Waals surface area contributed by atoms with Crippen molar-refractivity contribution in [2.24, 2.45) is 0 Å². The second-order valence-electron chi connectivity index (χ2n) is 6.32. The molecule has 1 aromatic heterocycles. The highest BCUT2D eigenvalue weighted by atomic mass is 16.3. The zero-order valence-electron chi connectivity index (χ0n) is 13.3. The van der Waals surface area contributed by atoms with Crippen molar-refractivity contribution >= 4 is 10.9 Å². The quantitative estimate of drug-likeness (QED) is 0.855. The number of H-pyrrole nitrogens is 1. The van der Waals surface area contributed by atoms with E-state index in [1.54, 1.807) is 0 Å². The number of nitrogens with zero attached hydrogens (tertiary/aromatic N) is 3. The molecule has 0 atom stereocenters. The van der Waals surface area contributed by atoms with Crippen LogP contribution in [0.2, 0.25) is 0 Å². The highest BCUT2D eigenvalue weighted by Gasteiger charge is 2.22. The zero-order chi connectivity index (χ0) is 15.4. The van der Waals surface area contributed by atoms with Gasteiger partial charge in [0.1, 0.15) is 0 Å². The SMILES string of the molecule is CN(CCCO)C1CCN(Cc2cccc3cn[nH]c23)CC1. The van der Waals surface area contributed by atoms with Crippen LogP contribution in [-0.2, 0) is 6.54 Å². The number of benzene rings is 1. The van der Waals surface area contributed by atoms with E-state index in [4.69, 9.17) is 5.11 Å². The molecule has 3 rings (SSSR count). The van der Waals surface area contributed by atoms with Gasteiger partial charge >= 0.3 is 0 Å². The second-order valence-corrected chi connectivity index (χ2v) is 6.32. The summed E-state index contributed by atoms with van der Waals surface area (Å²) in [6, 6.07) is 7.07. The molecule has 0 radical (unpaired) electrons. The summed E-state index contributed by atoms with van der Waals surface area (Å²) in [5.41, 5.74) is 2.51. The number of aromatic nitrogens is 2. The molecule has 5 heteroatoms. The maximum atomic E-state index is 8.95. The number of fused-ring (bicyclic) bond motifs is 1. The number of aliphatic hydroxyl groups is 1. The van der Waals surface area contributed by atoms with E-state index in [0.29, 0.717) is 6.04 Å². The highest BCUT2D eigenvalue weighted by Crippen LogP contribution is 2.21. The minimum atomic E-state index is 0.289. The molecule has 1 aliphatic rings. The smallest absolute Gasteiger partial charge is 0.0695 e. The standard InChI is InChI=1S/C17H26N4O/c1-20(8-3-11-22)16-6-9-21(10-7-16)13-15-5-2-4-14-12-18-19-17(14)15/h2,4-5,12,16,22H,3,6-11,13H2,1H3,(H,18,19). The fraction of sp³-hybridized carbons (Fsp3) is 0.588. The van der Waals surface area contributed by atoms with Crippen LogP contribution in [0.1, 0.15) is 24.8 Å². The Hall–Kier alpha value is -1.43. The molecule has 0 saturated carbocycles. The molecule has 1 fully saturated rings. The first kappa shape index (κ1) is 15.5. The Morgan fingerprint density at radius 3 is 2.95 bits per heavy atom. The zero-order valence-corrected chi connectivity index (χ0v) is 13.3. The molecule has 1 aliphatic heterocycles. The Balaban J connectivity index is 1.55. The third kappa shape index (κ3) is 3.48. The van der Waals surface area contributed by atoms with Crippen molar-refractivity contribution in [3.63, 3.8) is 0 Å².